The lowest BCUT2D eigenvalue weighted by Crippen LogP contribution is -2.31. The first-order valence-electron chi connectivity index (χ1n) is 9.71. The Morgan fingerprint density at radius 2 is 1.84 bits per heavy atom. The second kappa shape index (κ2) is 8.85. The number of nitro benzene ring substituents is 2. The zero-order valence-electron chi connectivity index (χ0n) is 17.0. The zero-order chi connectivity index (χ0) is 22.8. The predicted octanol–water partition coefficient (Wildman–Crippen LogP) is 4.87. The second-order valence-corrected chi connectivity index (χ2v) is 8.28. The van der Waals surface area contributed by atoms with Crippen molar-refractivity contribution < 1.29 is 19.7 Å². The molecule has 0 amide bonds. The Bertz CT molecular complexity index is 1200. The molecule has 0 aliphatic carbocycles. The third-order valence-electron chi connectivity index (χ3n) is 5.30. The number of non-ortho nitro benzene ring substituents is 1. The number of methoxy groups -OCH3 is 1. The van der Waals surface area contributed by atoms with Crippen LogP contribution in [0, 0.1) is 20.2 Å². The van der Waals surface area contributed by atoms with E-state index in [4.69, 9.17) is 4.74 Å². The molecule has 0 bridgehead atoms. The number of nitro groups is 2. The monoisotopic (exact) mass is 453 g/mol. The van der Waals surface area contributed by atoms with E-state index < -0.39 is 15.9 Å². The molecule has 1 aliphatic heterocycles. The largest absolute Gasteiger partial charge is 0.504 e. The summed E-state index contributed by atoms with van der Waals surface area (Å²) in [5, 5.41) is 33.1. The first-order valence-corrected chi connectivity index (χ1v) is 10.5. The first kappa shape index (κ1) is 21.6. The van der Waals surface area contributed by atoms with Crippen LogP contribution in [0.5, 0.6) is 11.5 Å². The lowest BCUT2D eigenvalue weighted by molar-refractivity contribution is -0.387. The Balaban J connectivity index is 1.84. The van der Waals surface area contributed by atoms with Gasteiger partial charge in [0.05, 0.1) is 23.0 Å². The van der Waals surface area contributed by atoms with Crippen molar-refractivity contribution in [1.82, 2.24) is 4.31 Å². The Morgan fingerprint density at radius 1 is 1.06 bits per heavy atom. The van der Waals surface area contributed by atoms with Gasteiger partial charge in [0, 0.05) is 24.7 Å². The second-order valence-electron chi connectivity index (χ2n) is 7.18. The molecule has 1 N–H and O–H groups in total. The summed E-state index contributed by atoms with van der Waals surface area (Å²) in [6, 6.07) is 15.7. The van der Waals surface area contributed by atoms with Gasteiger partial charge in [-0.05, 0) is 53.3 Å². The maximum atomic E-state index is 11.5. The fourth-order valence-corrected chi connectivity index (χ4v) is 4.99. The number of hydrogen-bond acceptors (Lipinski definition) is 8. The fraction of sp³-hybridized carbons (Fsp3) is 0.182. The number of hydrogen-bond donors (Lipinski definition) is 1. The van der Waals surface area contributed by atoms with E-state index >= 15 is 0 Å². The molecule has 0 radical (unpaired) electrons. The third kappa shape index (κ3) is 4.10. The first-order chi connectivity index (χ1) is 15.4. The summed E-state index contributed by atoms with van der Waals surface area (Å²) in [6.07, 6.45) is 0.589. The summed E-state index contributed by atoms with van der Waals surface area (Å²) in [6.45, 7) is 0.517. The predicted molar refractivity (Wildman–Crippen MR) is 119 cm³/mol. The van der Waals surface area contributed by atoms with Gasteiger partial charge < -0.3 is 9.84 Å². The third-order valence-corrected chi connectivity index (χ3v) is 6.47. The van der Waals surface area contributed by atoms with Gasteiger partial charge in [-0.2, -0.15) is 0 Å². The van der Waals surface area contributed by atoms with Gasteiger partial charge in [0.25, 0.3) is 11.4 Å². The molecule has 0 saturated heterocycles. The van der Waals surface area contributed by atoms with Crippen LogP contribution in [0.1, 0.15) is 22.7 Å². The van der Waals surface area contributed by atoms with E-state index in [1.165, 1.54) is 37.3 Å². The lowest BCUT2D eigenvalue weighted by Gasteiger charge is -2.36. The zero-order valence-corrected chi connectivity index (χ0v) is 17.8. The number of phenolic OH excluding ortho intramolecular Hbond substituents is 1. The molecule has 0 saturated carbocycles. The van der Waals surface area contributed by atoms with E-state index in [-0.39, 0.29) is 22.9 Å². The molecule has 1 atom stereocenters. The normalized spacial score (nSPS) is 15.7. The highest BCUT2D eigenvalue weighted by molar-refractivity contribution is 7.97. The molecule has 9 nitrogen and oxygen atoms in total. The van der Waals surface area contributed by atoms with Crippen LogP contribution in [-0.4, -0.2) is 32.9 Å². The lowest BCUT2D eigenvalue weighted by atomic mass is 9.89. The molecule has 1 aliphatic rings. The van der Waals surface area contributed by atoms with Crippen molar-refractivity contribution in [2.24, 2.45) is 0 Å². The maximum Gasteiger partial charge on any atom is 0.284 e. The number of ether oxygens (including phenoxy) is 1. The van der Waals surface area contributed by atoms with Crippen molar-refractivity contribution in [3.8, 4) is 11.5 Å². The molecule has 32 heavy (non-hydrogen) atoms. The molecule has 0 fully saturated rings. The number of aromatic hydroxyl groups is 1. The van der Waals surface area contributed by atoms with E-state index in [0.717, 1.165) is 11.1 Å². The Labute approximate surface area is 187 Å². The summed E-state index contributed by atoms with van der Waals surface area (Å²) in [4.78, 5) is 22.5. The number of rotatable bonds is 6. The summed E-state index contributed by atoms with van der Waals surface area (Å²) < 4.78 is 7.26. The van der Waals surface area contributed by atoms with E-state index in [0.29, 0.717) is 23.4 Å². The minimum atomic E-state index is -0.454. The number of benzene rings is 3. The van der Waals surface area contributed by atoms with Crippen LogP contribution in [0.3, 0.4) is 0 Å². The van der Waals surface area contributed by atoms with Gasteiger partial charge in [-0.25, -0.2) is 4.31 Å². The topological polar surface area (TPSA) is 119 Å². The van der Waals surface area contributed by atoms with E-state index in [2.05, 4.69) is 0 Å². The summed E-state index contributed by atoms with van der Waals surface area (Å²) in [5.41, 5.74) is 2.32. The van der Waals surface area contributed by atoms with Gasteiger partial charge in [-0.3, -0.25) is 20.2 Å². The average molecular weight is 453 g/mol. The van der Waals surface area contributed by atoms with Crippen LogP contribution in [0.25, 0.3) is 0 Å². The number of nitrogens with zero attached hydrogens (tertiary/aromatic N) is 3. The van der Waals surface area contributed by atoms with Crippen molar-refractivity contribution in [2.75, 3.05) is 13.7 Å². The van der Waals surface area contributed by atoms with Crippen LogP contribution in [-0.2, 0) is 6.42 Å². The van der Waals surface area contributed by atoms with Crippen LogP contribution >= 0.6 is 11.9 Å². The molecule has 1 unspecified atom stereocenters. The number of fused-ring (bicyclic) bond motifs is 1. The van der Waals surface area contributed by atoms with Gasteiger partial charge in [0.15, 0.2) is 11.5 Å². The highest BCUT2D eigenvalue weighted by Gasteiger charge is 2.33. The average Bonchev–Trinajstić information content (AvgIpc) is 2.79. The summed E-state index contributed by atoms with van der Waals surface area (Å²) in [7, 11) is 1.45. The summed E-state index contributed by atoms with van der Waals surface area (Å²) >= 11 is 1.24. The molecule has 3 aromatic rings. The smallest absolute Gasteiger partial charge is 0.284 e. The van der Waals surface area contributed by atoms with Crippen LogP contribution < -0.4 is 4.74 Å². The van der Waals surface area contributed by atoms with Gasteiger partial charge >= 0.3 is 0 Å². The Hall–Kier alpha value is -3.63. The van der Waals surface area contributed by atoms with Crippen molar-refractivity contribution in [3.05, 3.63) is 97.6 Å². The Morgan fingerprint density at radius 3 is 2.56 bits per heavy atom. The van der Waals surface area contributed by atoms with Crippen molar-refractivity contribution in [3.63, 3.8) is 0 Å². The minimum Gasteiger partial charge on any atom is -0.504 e. The highest BCUT2D eigenvalue weighted by atomic mass is 32.2. The van der Waals surface area contributed by atoms with E-state index in [1.54, 1.807) is 42.5 Å². The molecule has 10 heteroatoms. The SMILES string of the molecule is COc1cc2c(cc1O)CCN(Sc1ccccc1[N+](=O)[O-])C2c1cccc([N+](=O)[O-])c1. The minimum absolute atomic E-state index is 0.00984. The molecule has 164 valence electrons. The number of phenols is 1. The summed E-state index contributed by atoms with van der Waals surface area (Å²) in [5.74, 6) is 0.306. The molecular weight excluding hydrogens is 434 g/mol. The highest BCUT2D eigenvalue weighted by Crippen LogP contribution is 2.46. The van der Waals surface area contributed by atoms with Crippen molar-refractivity contribution in [2.45, 2.75) is 17.4 Å². The van der Waals surface area contributed by atoms with Crippen LogP contribution in [0.4, 0.5) is 11.4 Å². The molecular formula is C22H19N3O6S. The van der Waals surface area contributed by atoms with Crippen molar-refractivity contribution >= 4 is 23.3 Å². The van der Waals surface area contributed by atoms with Crippen molar-refractivity contribution in [1.29, 1.82) is 0 Å². The fourth-order valence-electron chi connectivity index (χ4n) is 3.84. The van der Waals surface area contributed by atoms with Gasteiger partial charge in [-0.1, -0.05) is 24.3 Å². The van der Waals surface area contributed by atoms with Crippen LogP contribution in [0.2, 0.25) is 0 Å². The van der Waals surface area contributed by atoms with Gasteiger partial charge in [0.2, 0.25) is 0 Å². The standard InChI is InChI=1S/C22H19N3O6S/c1-31-20-13-17-14(12-19(20)26)9-10-23(32-21-8-3-2-7-18(21)25(29)30)22(17)15-5-4-6-16(11-15)24(27)28/h2-8,11-13,22,26H,9-10H2,1H3. The van der Waals surface area contributed by atoms with Gasteiger partial charge in [0.1, 0.15) is 4.90 Å². The number of para-hydroxylation sites is 1. The molecule has 0 spiro atoms. The maximum absolute atomic E-state index is 11.5. The van der Waals surface area contributed by atoms with Crippen LogP contribution in [0.15, 0.2) is 65.6 Å². The van der Waals surface area contributed by atoms with Gasteiger partial charge in [-0.15, -0.1) is 0 Å². The van der Waals surface area contributed by atoms with E-state index in [9.17, 15) is 25.3 Å². The molecule has 4 rings (SSSR count). The van der Waals surface area contributed by atoms with E-state index in [1.807, 2.05) is 4.31 Å². The quantitative estimate of drug-likeness (QED) is 0.319. The molecule has 0 aromatic heterocycles. The molecule has 1 heterocycles. The Kier molecular flexibility index (Phi) is 5.97. The molecule has 3 aromatic carbocycles.